The van der Waals surface area contributed by atoms with E-state index >= 15 is 0 Å². The number of aryl methyl sites for hydroxylation is 4. The molecule has 6 nitrogen and oxygen atoms in total. The van der Waals surface area contributed by atoms with Gasteiger partial charge in [-0.15, -0.1) is 0 Å². The van der Waals surface area contributed by atoms with Crippen LogP contribution in [0.3, 0.4) is 0 Å². The summed E-state index contributed by atoms with van der Waals surface area (Å²) in [7, 11) is 1.58. The molecule has 0 saturated heterocycles. The maximum atomic E-state index is 12.2. The molecule has 0 aliphatic carbocycles. The van der Waals surface area contributed by atoms with Crippen molar-refractivity contribution in [2.45, 2.75) is 33.8 Å². The predicted molar refractivity (Wildman–Crippen MR) is 96.2 cm³/mol. The van der Waals surface area contributed by atoms with Crippen molar-refractivity contribution in [2.24, 2.45) is 7.05 Å². The Morgan fingerprint density at radius 3 is 2.56 bits per heavy atom. The molecule has 1 heterocycles. The van der Waals surface area contributed by atoms with Crippen molar-refractivity contribution in [3.63, 3.8) is 0 Å². The largest absolute Gasteiger partial charge is 0.489 e. The van der Waals surface area contributed by atoms with Gasteiger partial charge in [0.15, 0.2) is 0 Å². The molecule has 0 bridgehead atoms. The fourth-order valence-corrected chi connectivity index (χ4v) is 2.89. The molecule has 0 spiro atoms. The van der Waals surface area contributed by atoms with Gasteiger partial charge in [-0.3, -0.25) is 0 Å². The Morgan fingerprint density at radius 1 is 1.12 bits per heavy atom. The lowest BCUT2D eigenvalue weighted by Crippen LogP contribution is -2.23. The van der Waals surface area contributed by atoms with Crippen LogP contribution >= 0.6 is 0 Å². The number of ether oxygens (including phenoxy) is 1. The maximum Gasteiger partial charge on any atom is 0.368 e. The Balaban J connectivity index is 1.99. The van der Waals surface area contributed by atoms with E-state index in [9.17, 15) is 4.79 Å². The lowest BCUT2D eigenvalue weighted by molar-refractivity contribution is 0.302. The van der Waals surface area contributed by atoms with E-state index < -0.39 is 0 Å². The topological polar surface area (TPSA) is 61.9 Å². The predicted octanol–water partition coefficient (Wildman–Crippen LogP) is 2.72. The standard InChI is InChI=1S/C19H22N4O2/c1-5-15-7-6-8-17(23-19(24)22(4)20-21-23)16(15)12-25-18-10-9-13(2)11-14(18)3/h6-11H,5,12H2,1-4H3. The van der Waals surface area contributed by atoms with Gasteiger partial charge in [0, 0.05) is 12.6 Å². The van der Waals surface area contributed by atoms with Crippen LogP contribution in [0.2, 0.25) is 0 Å². The normalized spacial score (nSPS) is 10.9. The molecule has 0 saturated carbocycles. The molecular formula is C19H22N4O2. The molecule has 2 aromatic carbocycles. The number of hydrogen-bond donors (Lipinski definition) is 0. The Hall–Kier alpha value is -2.89. The van der Waals surface area contributed by atoms with E-state index in [1.807, 2.05) is 37.3 Å². The van der Waals surface area contributed by atoms with Crippen molar-refractivity contribution >= 4 is 0 Å². The average Bonchev–Trinajstić information content (AvgIpc) is 2.93. The molecule has 0 aliphatic heterocycles. The van der Waals surface area contributed by atoms with E-state index in [2.05, 4.69) is 30.3 Å². The Labute approximate surface area is 146 Å². The monoisotopic (exact) mass is 338 g/mol. The highest BCUT2D eigenvalue weighted by atomic mass is 16.5. The molecule has 25 heavy (non-hydrogen) atoms. The van der Waals surface area contributed by atoms with Crippen molar-refractivity contribution in [1.29, 1.82) is 0 Å². The van der Waals surface area contributed by atoms with Gasteiger partial charge in [0.25, 0.3) is 0 Å². The van der Waals surface area contributed by atoms with E-state index in [0.29, 0.717) is 12.3 Å². The molecular weight excluding hydrogens is 316 g/mol. The third-order valence-corrected chi connectivity index (χ3v) is 4.28. The Bertz CT molecular complexity index is 956. The highest BCUT2D eigenvalue weighted by Crippen LogP contribution is 2.24. The highest BCUT2D eigenvalue weighted by molar-refractivity contribution is 5.45. The van der Waals surface area contributed by atoms with Crippen LogP contribution in [0.1, 0.15) is 29.2 Å². The van der Waals surface area contributed by atoms with Gasteiger partial charge in [0.1, 0.15) is 12.4 Å². The minimum Gasteiger partial charge on any atom is -0.489 e. The molecule has 6 heteroatoms. The van der Waals surface area contributed by atoms with Crippen molar-refractivity contribution in [2.75, 3.05) is 0 Å². The molecule has 0 radical (unpaired) electrons. The summed E-state index contributed by atoms with van der Waals surface area (Å²) in [6.45, 7) is 6.54. The molecule has 0 amide bonds. The van der Waals surface area contributed by atoms with Gasteiger partial charge in [-0.1, -0.05) is 36.8 Å². The zero-order valence-corrected chi connectivity index (χ0v) is 15.0. The van der Waals surface area contributed by atoms with Crippen molar-refractivity contribution in [3.8, 4) is 11.4 Å². The maximum absolute atomic E-state index is 12.2. The molecule has 0 aliphatic rings. The summed E-state index contributed by atoms with van der Waals surface area (Å²) >= 11 is 0. The number of tetrazole rings is 1. The van der Waals surface area contributed by atoms with Crippen LogP contribution in [0, 0.1) is 13.8 Å². The average molecular weight is 338 g/mol. The fourth-order valence-electron chi connectivity index (χ4n) is 2.89. The number of rotatable bonds is 5. The zero-order valence-electron chi connectivity index (χ0n) is 15.0. The molecule has 3 rings (SSSR count). The molecule has 0 atom stereocenters. The summed E-state index contributed by atoms with van der Waals surface area (Å²) in [6, 6.07) is 11.9. The number of aromatic nitrogens is 4. The van der Waals surface area contributed by atoms with Crippen LogP contribution in [-0.4, -0.2) is 19.8 Å². The third-order valence-electron chi connectivity index (χ3n) is 4.28. The number of benzene rings is 2. The second-order valence-corrected chi connectivity index (χ2v) is 6.12. The van der Waals surface area contributed by atoms with Crippen LogP contribution in [-0.2, 0) is 20.1 Å². The van der Waals surface area contributed by atoms with Crippen LogP contribution in [0.15, 0.2) is 41.2 Å². The van der Waals surface area contributed by atoms with Gasteiger partial charge in [-0.2, -0.15) is 9.36 Å². The van der Waals surface area contributed by atoms with Crippen molar-refractivity contribution in [3.05, 3.63) is 69.1 Å². The van der Waals surface area contributed by atoms with Crippen LogP contribution in [0.5, 0.6) is 5.75 Å². The minimum absolute atomic E-state index is 0.277. The Morgan fingerprint density at radius 2 is 1.92 bits per heavy atom. The van der Waals surface area contributed by atoms with Gasteiger partial charge in [-0.25, -0.2) is 4.79 Å². The molecule has 3 aromatic rings. The smallest absolute Gasteiger partial charge is 0.368 e. The lowest BCUT2D eigenvalue weighted by Gasteiger charge is -2.15. The summed E-state index contributed by atoms with van der Waals surface area (Å²) in [4.78, 5) is 12.2. The van der Waals surface area contributed by atoms with Gasteiger partial charge >= 0.3 is 5.69 Å². The lowest BCUT2D eigenvalue weighted by atomic mass is 10.0. The summed E-state index contributed by atoms with van der Waals surface area (Å²) < 4.78 is 8.59. The summed E-state index contributed by atoms with van der Waals surface area (Å²) in [5.41, 5.74) is 4.80. The van der Waals surface area contributed by atoms with E-state index in [-0.39, 0.29) is 5.69 Å². The Kier molecular flexibility index (Phi) is 4.70. The second kappa shape index (κ2) is 6.93. The second-order valence-electron chi connectivity index (χ2n) is 6.12. The first kappa shape index (κ1) is 17.0. The van der Waals surface area contributed by atoms with Crippen LogP contribution in [0.4, 0.5) is 0 Å². The number of nitrogens with zero attached hydrogens (tertiary/aromatic N) is 4. The van der Waals surface area contributed by atoms with E-state index in [1.165, 1.54) is 14.9 Å². The van der Waals surface area contributed by atoms with E-state index in [0.717, 1.165) is 28.9 Å². The van der Waals surface area contributed by atoms with Crippen LogP contribution < -0.4 is 10.4 Å². The van der Waals surface area contributed by atoms with Gasteiger partial charge in [0.2, 0.25) is 0 Å². The van der Waals surface area contributed by atoms with Crippen LogP contribution in [0.25, 0.3) is 5.69 Å². The summed E-state index contributed by atoms with van der Waals surface area (Å²) in [5.74, 6) is 0.842. The van der Waals surface area contributed by atoms with Gasteiger partial charge < -0.3 is 4.74 Å². The first-order valence-corrected chi connectivity index (χ1v) is 8.31. The van der Waals surface area contributed by atoms with Gasteiger partial charge in [0.05, 0.1) is 5.69 Å². The van der Waals surface area contributed by atoms with E-state index in [4.69, 9.17) is 4.74 Å². The molecule has 130 valence electrons. The molecule has 0 fully saturated rings. The van der Waals surface area contributed by atoms with Gasteiger partial charge in [-0.05, 0) is 54.0 Å². The van der Waals surface area contributed by atoms with Crippen molar-refractivity contribution in [1.82, 2.24) is 19.8 Å². The minimum atomic E-state index is -0.277. The first-order valence-electron chi connectivity index (χ1n) is 8.31. The fraction of sp³-hybridized carbons (Fsp3) is 0.316. The molecule has 0 N–H and O–H groups in total. The zero-order chi connectivity index (χ0) is 18.0. The summed E-state index contributed by atoms with van der Waals surface area (Å²) in [5, 5.41) is 7.77. The number of hydrogen-bond acceptors (Lipinski definition) is 4. The summed E-state index contributed by atoms with van der Waals surface area (Å²) in [6.07, 6.45) is 0.842. The molecule has 0 unspecified atom stereocenters. The van der Waals surface area contributed by atoms with E-state index in [1.54, 1.807) is 7.05 Å². The SMILES string of the molecule is CCc1cccc(-n2nnn(C)c2=O)c1COc1ccc(C)cc1C. The molecule has 1 aromatic heterocycles. The quantitative estimate of drug-likeness (QED) is 0.718. The first-order chi connectivity index (χ1) is 12.0. The highest BCUT2D eigenvalue weighted by Gasteiger charge is 2.15. The van der Waals surface area contributed by atoms with Crippen molar-refractivity contribution < 1.29 is 4.74 Å². The third kappa shape index (κ3) is 3.33.